The summed E-state index contributed by atoms with van der Waals surface area (Å²) in [6, 6.07) is 7.64. The summed E-state index contributed by atoms with van der Waals surface area (Å²) in [4.78, 5) is 16.9. The zero-order chi connectivity index (χ0) is 19.4. The minimum absolute atomic E-state index is 0.213. The van der Waals surface area contributed by atoms with E-state index < -0.39 is 5.92 Å². The molecule has 0 saturated carbocycles. The molecule has 146 valence electrons. The molecule has 2 aliphatic rings. The Kier molecular flexibility index (Phi) is 6.87. The maximum atomic E-state index is 12.6. The van der Waals surface area contributed by atoms with Crippen molar-refractivity contribution in [2.24, 2.45) is 11.7 Å². The van der Waals surface area contributed by atoms with Crippen molar-refractivity contribution in [3.63, 3.8) is 0 Å². The summed E-state index contributed by atoms with van der Waals surface area (Å²) < 4.78 is 10.8. The number of nitrogens with zero attached hydrogens (tertiary/aromatic N) is 1. The van der Waals surface area contributed by atoms with Gasteiger partial charge in [0, 0.05) is 40.5 Å². The van der Waals surface area contributed by atoms with E-state index >= 15 is 0 Å². The maximum Gasteiger partial charge on any atom is 0.318 e. The van der Waals surface area contributed by atoms with Crippen molar-refractivity contribution in [2.75, 3.05) is 26.3 Å². The summed E-state index contributed by atoms with van der Waals surface area (Å²) in [6.07, 6.45) is 1.68. The lowest BCUT2D eigenvalue weighted by molar-refractivity contribution is -0.145. The molecule has 3 rings (SSSR count). The summed E-state index contributed by atoms with van der Waals surface area (Å²) in [5.41, 5.74) is 8.66. The van der Waals surface area contributed by atoms with Gasteiger partial charge >= 0.3 is 5.97 Å². The molecule has 7 heteroatoms. The number of hydrogen-bond acceptors (Lipinski definition) is 6. The van der Waals surface area contributed by atoms with Crippen molar-refractivity contribution in [1.82, 2.24) is 4.90 Å². The normalized spacial score (nSPS) is 24.2. The van der Waals surface area contributed by atoms with Crippen molar-refractivity contribution in [1.29, 1.82) is 0 Å². The Morgan fingerprint density at radius 1 is 1.33 bits per heavy atom. The van der Waals surface area contributed by atoms with Gasteiger partial charge in [0.05, 0.1) is 19.5 Å². The zero-order valence-electron chi connectivity index (χ0n) is 15.6. The fourth-order valence-electron chi connectivity index (χ4n) is 3.46. The van der Waals surface area contributed by atoms with E-state index in [2.05, 4.69) is 4.90 Å². The van der Waals surface area contributed by atoms with Gasteiger partial charge in [-0.15, -0.1) is 0 Å². The molecule has 1 aromatic rings. The molecule has 27 heavy (non-hydrogen) atoms. The minimum atomic E-state index is -0.441. The topological polar surface area (TPSA) is 64.8 Å². The molecule has 0 saturated heterocycles. The Morgan fingerprint density at radius 3 is 2.74 bits per heavy atom. The number of benzene rings is 1. The van der Waals surface area contributed by atoms with Crippen LogP contribution in [0.3, 0.4) is 0 Å². The summed E-state index contributed by atoms with van der Waals surface area (Å²) in [6.45, 7) is 6.88. The highest BCUT2D eigenvalue weighted by Gasteiger charge is 2.43. The number of hydrogen-bond donors (Lipinski definition) is 1. The van der Waals surface area contributed by atoms with E-state index in [1.807, 2.05) is 38.1 Å². The van der Waals surface area contributed by atoms with E-state index in [0.29, 0.717) is 19.8 Å². The standard InChI is InChI=1S/C20H25ClN2O3S/c1-3-25-12-17-19(20(24)26-4-2)18-15(22)10-23(11-16(18)27-17)9-13-5-7-14(21)8-6-13/h5-8,12,15,19H,3-4,9-11,22H2,1-2H3. The van der Waals surface area contributed by atoms with Gasteiger partial charge in [0.1, 0.15) is 5.92 Å². The third-order valence-corrected chi connectivity index (χ3v) is 6.02. The molecule has 1 aromatic carbocycles. The average Bonchev–Trinajstić information content (AvgIpc) is 3.01. The molecule has 5 nitrogen and oxygen atoms in total. The zero-order valence-corrected chi connectivity index (χ0v) is 17.2. The van der Waals surface area contributed by atoms with E-state index in [1.165, 1.54) is 5.56 Å². The number of esters is 1. The highest BCUT2D eigenvalue weighted by molar-refractivity contribution is 8.07. The van der Waals surface area contributed by atoms with Crippen LogP contribution in [-0.4, -0.2) is 43.2 Å². The second-order valence-corrected chi connectivity index (χ2v) is 8.15. The van der Waals surface area contributed by atoms with E-state index in [9.17, 15) is 4.79 Å². The lowest BCUT2D eigenvalue weighted by atomic mass is 9.90. The van der Waals surface area contributed by atoms with Crippen LogP contribution in [0.4, 0.5) is 0 Å². The molecule has 0 amide bonds. The average molecular weight is 409 g/mol. The van der Waals surface area contributed by atoms with Crippen LogP contribution in [0.5, 0.6) is 0 Å². The first kappa shape index (κ1) is 20.3. The van der Waals surface area contributed by atoms with Gasteiger partial charge in [0.15, 0.2) is 0 Å². The molecule has 0 bridgehead atoms. The Balaban J connectivity index is 1.80. The van der Waals surface area contributed by atoms with Gasteiger partial charge in [-0.25, -0.2) is 0 Å². The number of carbonyl (C=O) groups excluding carboxylic acids is 1. The molecular weight excluding hydrogens is 384 g/mol. The fourth-order valence-corrected chi connectivity index (χ4v) is 4.96. The Hall–Kier alpha value is -1.47. The second kappa shape index (κ2) is 9.15. The summed E-state index contributed by atoms with van der Waals surface area (Å²) >= 11 is 7.56. The number of rotatable bonds is 6. The molecule has 2 N–H and O–H groups in total. The van der Waals surface area contributed by atoms with Crippen LogP contribution in [0, 0.1) is 5.92 Å². The monoisotopic (exact) mass is 408 g/mol. The van der Waals surface area contributed by atoms with E-state index in [-0.39, 0.29) is 12.0 Å². The van der Waals surface area contributed by atoms with Gasteiger partial charge in [0.25, 0.3) is 0 Å². The number of ether oxygens (including phenoxy) is 2. The summed E-state index contributed by atoms with van der Waals surface area (Å²) in [5, 5.41) is 0.730. The predicted octanol–water partition coefficient (Wildman–Crippen LogP) is 3.54. The Bertz CT molecular complexity index is 748. The smallest absolute Gasteiger partial charge is 0.318 e. The molecular formula is C20H25ClN2O3S. The van der Waals surface area contributed by atoms with E-state index in [0.717, 1.165) is 33.5 Å². The molecule has 0 aromatic heterocycles. The molecule has 2 atom stereocenters. The number of nitrogens with two attached hydrogens (primary N) is 1. The maximum absolute atomic E-state index is 12.6. The first-order chi connectivity index (χ1) is 13.0. The lowest BCUT2D eigenvalue weighted by Crippen LogP contribution is -2.45. The second-order valence-electron chi connectivity index (χ2n) is 6.54. The fraction of sp³-hybridized carbons (Fsp3) is 0.450. The summed E-state index contributed by atoms with van der Waals surface area (Å²) in [5.74, 6) is -0.688. The van der Waals surface area contributed by atoms with Crippen LogP contribution in [0.25, 0.3) is 0 Å². The van der Waals surface area contributed by atoms with E-state index in [4.69, 9.17) is 26.8 Å². The lowest BCUT2D eigenvalue weighted by Gasteiger charge is -2.33. The van der Waals surface area contributed by atoms with Gasteiger partial charge in [-0.3, -0.25) is 9.69 Å². The molecule has 0 radical (unpaired) electrons. The van der Waals surface area contributed by atoms with Crippen LogP contribution < -0.4 is 5.73 Å². The van der Waals surface area contributed by atoms with Crippen molar-refractivity contribution in [2.45, 2.75) is 26.4 Å². The molecule has 2 unspecified atom stereocenters. The largest absolute Gasteiger partial charge is 0.501 e. The number of halogens is 1. The number of thioether (sulfide) groups is 1. The third-order valence-electron chi connectivity index (χ3n) is 4.59. The third kappa shape index (κ3) is 4.69. The number of carbonyl (C=O) groups is 1. The van der Waals surface area contributed by atoms with Crippen LogP contribution in [0.1, 0.15) is 19.4 Å². The van der Waals surface area contributed by atoms with Crippen molar-refractivity contribution in [3.8, 4) is 0 Å². The first-order valence-corrected chi connectivity index (χ1v) is 10.3. The quantitative estimate of drug-likeness (QED) is 0.573. The highest BCUT2D eigenvalue weighted by atomic mass is 35.5. The molecule has 0 spiro atoms. The van der Waals surface area contributed by atoms with Crippen molar-refractivity contribution >= 4 is 29.3 Å². The molecule has 0 aliphatic carbocycles. The van der Waals surface area contributed by atoms with Crippen molar-refractivity contribution < 1.29 is 14.3 Å². The van der Waals surface area contributed by atoms with E-state index in [1.54, 1.807) is 18.0 Å². The van der Waals surface area contributed by atoms with Crippen molar-refractivity contribution in [3.05, 3.63) is 56.5 Å². The van der Waals surface area contributed by atoms with Gasteiger partial charge in [-0.1, -0.05) is 35.5 Å². The molecule has 2 aliphatic heterocycles. The minimum Gasteiger partial charge on any atom is -0.501 e. The van der Waals surface area contributed by atoms with Crippen LogP contribution in [0.15, 0.2) is 45.9 Å². The molecule has 2 heterocycles. The Morgan fingerprint density at radius 2 is 2.07 bits per heavy atom. The molecule has 0 fully saturated rings. The van der Waals surface area contributed by atoms with Gasteiger partial charge in [-0.2, -0.15) is 0 Å². The van der Waals surface area contributed by atoms with Gasteiger partial charge < -0.3 is 15.2 Å². The van der Waals surface area contributed by atoms with Crippen LogP contribution >= 0.6 is 23.4 Å². The highest BCUT2D eigenvalue weighted by Crippen LogP contribution is 2.49. The summed E-state index contributed by atoms with van der Waals surface area (Å²) in [7, 11) is 0. The van der Waals surface area contributed by atoms with Gasteiger partial charge in [-0.05, 0) is 37.1 Å². The predicted molar refractivity (Wildman–Crippen MR) is 109 cm³/mol. The Labute approximate surface area is 169 Å². The first-order valence-electron chi connectivity index (χ1n) is 9.14. The SMILES string of the molecule is CCOC=C1SC2=C(C(N)CN(Cc3ccc(Cl)cc3)C2)C1C(=O)OCC. The van der Waals surface area contributed by atoms with Crippen LogP contribution in [0.2, 0.25) is 5.02 Å². The van der Waals surface area contributed by atoms with Gasteiger partial charge in [0.2, 0.25) is 0 Å². The van der Waals surface area contributed by atoms with Crippen LogP contribution in [-0.2, 0) is 20.8 Å².